The normalized spacial score (nSPS) is 10.6. The van der Waals surface area contributed by atoms with Gasteiger partial charge in [0.25, 0.3) is 0 Å². The quantitative estimate of drug-likeness (QED) is 0.754. The summed E-state index contributed by atoms with van der Waals surface area (Å²) in [6, 6.07) is 1.75. The maximum atomic E-state index is 5.42. The molecule has 90 valence electrons. The van der Waals surface area contributed by atoms with E-state index in [1.807, 2.05) is 0 Å². The molecule has 2 aromatic rings. The Balaban J connectivity index is 1.92. The van der Waals surface area contributed by atoms with E-state index in [-0.39, 0.29) is 0 Å². The van der Waals surface area contributed by atoms with Gasteiger partial charge in [0.05, 0.1) is 0 Å². The van der Waals surface area contributed by atoms with Crippen molar-refractivity contribution in [3.63, 3.8) is 0 Å². The highest BCUT2D eigenvalue weighted by molar-refractivity contribution is 5.40. The number of nitrogens with two attached hydrogens (primary N) is 1. The average Bonchev–Trinajstić information content (AvgIpc) is 2.85. The molecule has 0 saturated carbocycles. The molecule has 0 radical (unpaired) electrons. The summed E-state index contributed by atoms with van der Waals surface area (Å²) >= 11 is 0. The molecule has 0 aromatic carbocycles. The van der Waals surface area contributed by atoms with E-state index in [9.17, 15) is 0 Å². The summed E-state index contributed by atoms with van der Waals surface area (Å²) in [5, 5.41) is 3.85. The molecule has 0 amide bonds. The van der Waals surface area contributed by atoms with Gasteiger partial charge >= 0.3 is 0 Å². The highest BCUT2D eigenvalue weighted by atomic mass is 16.5. The molecule has 2 heterocycles. The number of aryl methyl sites for hydroxylation is 1. The van der Waals surface area contributed by atoms with E-state index in [2.05, 4.69) is 20.1 Å². The van der Waals surface area contributed by atoms with Gasteiger partial charge in [0.15, 0.2) is 0 Å². The number of aromatic nitrogens is 4. The van der Waals surface area contributed by atoms with Crippen LogP contribution >= 0.6 is 0 Å². The summed E-state index contributed by atoms with van der Waals surface area (Å²) in [5.41, 5.74) is 5.42. The van der Waals surface area contributed by atoms with Crippen LogP contribution in [0, 0.1) is 0 Å². The van der Waals surface area contributed by atoms with Gasteiger partial charge in [-0.15, -0.1) is 0 Å². The van der Waals surface area contributed by atoms with Gasteiger partial charge in [-0.2, -0.15) is 4.98 Å². The van der Waals surface area contributed by atoms with Gasteiger partial charge < -0.3 is 10.3 Å². The molecule has 2 N–H and O–H groups in total. The third-order valence-corrected chi connectivity index (χ3v) is 2.33. The second-order valence-corrected chi connectivity index (χ2v) is 3.68. The van der Waals surface area contributed by atoms with E-state index >= 15 is 0 Å². The summed E-state index contributed by atoms with van der Waals surface area (Å²) in [7, 11) is 0. The standard InChI is InChI=1S/C11H15N5O/c12-6-3-1-2-5-9-15-11(16-17-9)10-13-7-4-8-14-10/h4,7-8H,1-3,5-6,12H2. The molecule has 0 atom stereocenters. The van der Waals surface area contributed by atoms with Crippen LogP contribution in [0.2, 0.25) is 0 Å². The Hall–Kier alpha value is -1.82. The van der Waals surface area contributed by atoms with E-state index in [1.54, 1.807) is 18.5 Å². The van der Waals surface area contributed by atoms with E-state index in [1.165, 1.54) is 0 Å². The zero-order chi connectivity index (χ0) is 11.9. The molecule has 0 bridgehead atoms. The first-order valence-corrected chi connectivity index (χ1v) is 5.70. The third-order valence-electron chi connectivity index (χ3n) is 2.33. The van der Waals surface area contributed by atoms with E-state index in [0.29, 0.717) is 17.5 Å². The van der Waals surface area contributed by atoms with Crippen molar-refractivity contribution >= 4 is 0 Å². The highest BCUT2D eigenvalue weighted by Crippen LogP contribution is 2.11. The van der Waals surface area contributed by atoms with Gasteiger partial charge in [-0.3, -0.25) is 0 Å². The zero-order valence-electron chi connectivity index (χ0n) is 9.54. The molecule has 0 aliphatic carbocycles. The molecule has 6 nitrogen and oxygen atoms in total. The molecule has 0 aliphatic rings. The first-order valence-electron chi connectivity index (χ1n) is 5.70. The first kappa shape index (κ1) is 11.7. The molecular weight excluding hydrogens is 218 g/mol. The van der Waals surface area contributed by atoms with Crippen molar-refractivity contribution < 1.29 is 4.52 Å². The van der Waals surface area contributed by atoms with E-state index < -0.39 is 0 Å². The number of hydrogen-bond donors (Lipinski definition) is 1. The van der Waals surface area contributed by atoms with E-state index in [0.717, 1.165) is 32.2 Å². The topological polar surface area (TPSA) is 90.7 Å². The van der Waals surface area contributed by atoms with Crippen LogP contribution in [0.1, 0.15) is 25.2 Å². The molecule has 17 heavy (non-hydrogen) atoms. The smallest absolute Gasteiger partial charge is 0.240 e. The van der Waals surface area contributed by atoms with Crippen LogP contribution in [-0.2, 0) is 6.42 Å². The lowest BCUT2D eigenvalue weighted by atomic mass is 10.2. The number of hydrogen-bond acceptors (Lipinski definition) is 6. The molecule has 2 aromatic heterocycles. The Kier molecular flexibility index (Phi) is 4.15. The van der Waals surface area contributed by atoms with Crippen LogP contribution in [0.5, 0.6) is 0 Å². The monoisotopic (exact) mass is 233 g/mol. The maximum absolute atomic E-state index is 5.42. The van der Waals surface area contributed by atoms with Crippen molar-refractivity contribution in [1.82, 2.24) is 20.1 Å². The van der Waals surface area contributed by atoms with Crippen LogP contribution < -0.4 is 5.73 Å². The Morgan fingerprint density at radius 1 is 1.06 bits per heavy atom. The Labute approximate surface area is 99.3 Å². The second-order valence-electron chi connectivity index (χ2n) is 3.68. The lowest BCUT2D eigenvalue weighted by Gasteiger charge is -1.94. The lowest BCUT2D eigenvalue weighted by molar-refractivity contribution is 0.374. The van der Waals surface area contributed by atoms with Crippen molar-refractivity contribution in [2.75, 3.05) is 6.54 Å². The highest BCUT2D eigenvalue weighted by Gasteiger charge is 2.09. The minimum Gasteiger partial charge on any atom is -0.339 e. The number of nitrogens with zero attached hydrogens (tertiary/aromatic N) is 4. The van der Waals surface area contributed by atoms with Gasteiger partial charge in [0.2, 0.25) is 17.5 Å². The zero-order valence-corrected chi connectivity index (χ0v) is 9.54. The van der Waals surface area contributed by atoms with Crippen molar-refractivity contribution in [3.8, 4) is 11.6 Å². The molecular formula is C11H15N5O. The molecule has 0 aliphatic heterocycles. The van der Waals surface area contributed by atoms with Crippen LogP contribution in [0.3, 0.4) is 0 Å². The van der Waals surface area contributed by atoms with Gasteiger partial charge in [0, 0.05) is 18.8 Å². The van der Waals surface area contributed by atoms with E-state index in [4.69, 9.17) is 10.3 Å². The van der Waals surface area contributed by atoms with Gasteiger partial charge in [0.1, 0.15) is 0 Å². The van der Waals surface area contributed by atoms with Crippen LogP contribution in [0.15, 0.2) is 23.0 Å². The fraction of sp³-hybridized carbons (Fsp3) is 0.455. The molecule has 0 saturated heterocycles. The summed E-state index contributed by atoms with van der Waals surface area (Å²) in [6.07, 6.45) is 7.20. The Morgan fingerprint density at radius 3 is 2.65 bits per heavy atom. The molecule has 6 heteroatoms. The fourth-order valence-corrected chi connectivity index (χ4v) is 1.46. The SMILES string of the molecule is NCCCCCc1nc(-c2ncccn2)no1. The average molecular weight is 233 g/mol. The molecule has 0 fully saturated rings. The first-order chi connectivity index (χ1) is 8.40. The van der Waals surface area contributed by atoms with Crippen LogP contribution in [0.4, 0.5) is 0 Å². The van der Waals surface area contributed by atoms with Gasteiger partial charge in [-0.05, 0) is 25.5 Å². The number of unbranched alkanes of at least 4 members (excludes halogenated alkanes) is 2. The van der Waals surface area contributed by atoms with Crippen molar-refractivity contribution in [2.24, 2.45) is 5.73 Å². The Bertz CT molecular complexity index is 442. The predicted octanol–water partition coefficient (Wildman–Crippen LogP) is 1.20. The summed E-state index contributed by atoms with van der Waals surface area (Å²) < 4.78 is 5.13. The molecule has 0 unspecified atom stereocenters. The summed E-state index contributed by atoms with van der Waals surface area (Å²) in [4.78, 5) is 12.4. The molecule has 0 spiro atoms. The van der Waals surface area contributed by atoms with Crippen LogP contribution in [-0.4, -0.2) is 26.7 Å². The largest absolute Gasteiger partial charge is 0.339 e. The fourth-order valence-electron chi connectivity index (χ4n) is 1.46. The predicted molar refractivity (Wildman–Crippen MR) is 61.9 cm³/mol. The maximum Gasteiger partial charge on any atom is 0.240 e. The van der Waals surface area contributed by atoms with Crippen molar-refractivity contribution in [1.29, 1.82) is 0 Å². The summed E-state index contributed by atoms with van der Waals surface area (Å²) in [5.74, 6) is 1.56. The second kappa shape index (κ2) is 6.05. The minimum atomic E-state index is 0.444. The number of rotatable bonds is 6. The Morgan fingerprint density at radius 2 is 1.88 bits per heavy atom. The minimum absolute atomic E-state index is 0.444. The third kappa shape index (κ3) is 3.32. The summed E-state index contributed by atoms with van der Waals surface area (Å²) in [6.45, 7) is 0.729. The van der Waals surface area contributed by atoms with Crippen molar-refractivity contribution in [2.45, 2.75) is 25.7 Å². The van der Waals surface area contributed by atoms with Gasteiger partial charge in [-0.1, -0.05) is 11.6 Å². The lowest BCUT2D eigenvalue weighted by Crippen LogP contribution is -1.98. The van der Waals surface area contributed by atoms with Crippen molar-refractivity contribution in [3.05, 3.63) is 24.4 Å². The van der Waals surface area contributed by atoms with Crippen LogP contribution in [0.25, 0.3) is 11.6 Å². The molecule has 2 rings (SSSR count). The van der Waals surface area contributed by atoms with Gasteiger partial charge in [-0.25, -0.2) is 9.97 Å².